The number of rotatable bonds is 4. The summed E-state index contributed by atoms with van der Waals surface area (Å²) in [5, 5.41) is 0. The molecule has 1 atom stereocenters. The van der Waals surface area contributed by atoms with Crippen LogP contribution < -0.4 is 5.73 Å². The molecule has 1 fully saturated rings. The SMILES string of the molecule is NCCCN1CCCC1C=O. The van der Waals surface area contributed by atoms with Crippen molar-refractivity contribution in [1.82, 2.24) is 4.90 Å². The van der Waals surface area contributed by atoms with Gasteiger partial charge in [-0.05, 0) is 32.4 Å². The molecule has 0 aromatic heterocycles. The van der Waals surface area contributed by atoms with Crippen LogP contribution >= 0.6 is 0 Å². The van der Waals surface area contributed by atoms with Crippen LogP contribution in [0.1, 0.15) is 19.3 Å². The molecule has 3 heteroatoms. The number of carbonyl (C=O) groups excluding carboxylic acids is 1. The summed E-state index contributed by atoms with van der Waals surface area (Å²) in [4.78, 5) is 12.7. The molecule has 0 amide bonds. The molecule has 0 aliphatic carbocycles. The normalized spacial score (nSPS) is 25.7. The van der Waals surface area contributed by atoms with Crippen molar-refractivity contribution < 1.29 is 4.79 Å². The molecule has 11 heavy (non-hydrogen) atoms. The van der Waals surface area contributed by atoms with Gasteiger partial charge in [-0.25, -0.2) is 0 Å². The minimum absolute atomic E-state index is 0.182. The van der Waals surface area contributed by atoms with Crippen molar-refractivity contribution in [3.8, 4) is 0 Å². The van der Waals surface area contributed by atoms with E-state index in [0.717, 1.165) is 45.2 Å². The van der Waals surface area contributed by atoms with Gasteiger partial charge in [0.1, 0.15) is 6.29 Å². The lowest BCUT2D eigenvalue weighted by Crippen LogP contribution is -2.32. The molecule has 1 aliphatic rings. The third-order valence-corrected chi connectivity index (χ3v) is 2.22. The van der Waals surface area contributed by atoms with Gasteiger partial charge in [-0.15, -0.1) is 0 Å². The summed E-state index contributed by atoms with van der Waals surface area (Å²) in [5.74, 6) is 0. The Hall–Kier alpha value is -0.410. The van der Waals surface area contributed by atoms with Crippen LogP contribution in [0.3, 0.4) is 0 Å². The Morgan fingerprint density at radius 1 is 1.64 bits per heavy atom. The molecule has 1 saturated heterocycles. The van der Waals surface area contributed by atoms with E-state index in [1.54, 1.807) is 0 Å². The molecule has 2 N–H and O–H groups in total. The number of hydrogen-bond donors (Lipinski definition) is 1. The van der Waals surface area contributed by atoms with Crippen LogP contribution in [0, 0.1) is 0 Å². The maximum absolute atomic E-state index is 10.5. The van der Waals surface area contributed by atoms with Crippen molar-refractivity contribution in [2.75, 3.05) is 19.6 Å². The fraction of sp³-hybridized carbons (Fsp3) is 0.875. The van der Waals surface area contributed by atoms with E-state index in [2.05, 4.69) is 4.90 Å². The number of aldehydes is 1. The fourth-order valence-corrected chi connectivity index (χ4v) is 1.58. The first kappa shape index (κ1) is 8.68. The summed E-state index contributed by atoms with van der Waals surface area (Å²) >= 11 is 0. The van der Waals surface area contributed by atoms with E-state index in [9.17, 15) is 4.79 Å². The lowest BCUT2D eigenvalue weighted by molar-refractivity contribution is -0.111. The van der Waals surface area contributed by atoms with Crippen molar-refractivity contribution in [2.45, 2.75) is 25.3 Å². The topological polar surface area (TPSA) is 46.3 Å². The maximum Gasteiger partial charge on any atom is 0.137 e. The Balaban J connectivity index is 2.25. The summed E-state index contributed by atoms with van der Waals surface area (Å²) < 4.78 is 0. The van der Waals surface area contributed by atoms with Gasteiger partial charge in [0.05, 0.1) is 6.04 Å². The molecular weight excluding hydrogens is 140 g/mol. The molecule has 0 aromatic rings. The van der Waals surface area contributed by atoms with Crippen molar-refractivity contribution >= 4 is 6.29 Å². The van der Waals surface area contributed by atoms with Crippen LogP contribution in [0.15, 0.2) is 0 Å². The van der Waals surface area contributed by atoms with Crippen LogP contribution in [-0.2, 0) is 4.79 Å². The Bertz CT molecular complexity index is 127. The van der Waals surface area contributed by atoms with Gasteiger partial charge in [-0.3, -0.25) is 4.90 Å². The van der Waals surface area contributed by atoms with E-state index in [1.165, 1.54) is 0 Å². The molecule has 1 unspecified atom stereocenters. The van der Waals surface area contributed by atoms with Gasteiger partial charge in [-0.2, -0.15) is 0 Å². The summed E-state index contributed by atoms with van der Waals surface area (Å²) in [7, 11) is 0. The predicted molar refractivity (Wildman–Crippen MR) is 44.3 cm³/mol. The summed E-state index contributed by atoms with van der Waals surface area (Å²) in [5.41, 5.74) is 5.38. The standard InChI is InChI=1S/C8H16N2O/c9-4-2-6-10-5-1-3-8(10)7-11/h7-8H,1-6,9H2. The summed E-state index contributed by atoms with van der Waals surface area (Å²) in [6, 6.07) is 0.182. The van der Waals surface area contributed by atoms with Gasteiger partial charge in [-0.1, -0.05) is 0 Å². The predicted octanol–water partition coefficient (Wildman–Crippen LogP) is -0.00150. The molecule has 0 bridgehead atoms. The van der Waals surface area contributed by atoms with E-state index in [4.69, 9.17) is 5.73 Å². The molecule has 64 valence electrons. The third kappa shape index (κ3) is 2.27. The second-order valence-corrected chi connectivity index (χ2v) is 3.02. The second kappa shape index (κ2) is 4.46. The van der Waals surface area contributed by atoms with Crippen LogP contribution in [-0.4, -0.2) is 36.9 Å². The first-order valence-electron chi connectivity index (χ1n) is 4.28. The number of carbonyl (C=O) groups is 1. The average molecular weight is 156 g/mol. The van der Waals surface area contributed by atoms with Gasteiger partial charge >= 0.3 is 0 Å². The lowest BCUT2D eigenvalue weighted by atomic mass is 10.2. The van der Waals surface area contributed by atoms with Crippen LogP contribution in [0.2, 0.25) is 0 Å². The summed E-state index contributed by atoms with van der Waals surface area (Å²) in [6.45, 7) is 2.78. The van der Waals surface area contributed by atoms with Crippen LogP contribution in [0.4, 0.5) is 0 Å². The highest BCUT2D eigenvalue weighted by Gasteiger charge is 2.22. The maximum atomic E-state index is 10.5. The number of likely N-dealkylation sites (tertiary alicyclic amines) is 1. The van der Waals surface area contributed by atoms with E-state index < -0.39 is 0 Å². The zero-order chi connectivity index (χ0) is 8.10. The van der Waals surface area contributed by atoms with Gasteiger partial charge in [0.15, 0.2) is 0 Å². The Labute approximate surface area is 67.5 Å². The van der Waals surface area contributed by atoms with Crippen LogP contribution in [0.5, 0.6) is 0 Å². The average Bonchev–Trinajstić information content (AvgIpc) is 2.47. The highest BCUT2D eigenvalue weighted by Crippen LogP contribution is 2.14. The van der Waals surface area contributed by atoms with Crippen LogP contribution in [0.25, 0.3) is 0 Å². The van der Waals surface area contributed by atoms with Gasteiger partial charge in [0.2, 0.25) is 0 Å². The monoisotopic (exact) mass is 156 g/mol. The molecule has 0 spiro atoms. The first-order valence-corrected chi connectivity index (χ1v) is 4.28. The molecule has 3 nitrogen and oxygen atoms in total. The first-order chi connectivity index (χ1) is 5.38. The zero-order valence-electron chi connectivity index (χ0n) is 6.83. The highest BCUT2D eigenvalue weighted by atomic mass is 16.1. The quantitative estimate of drug-likeness (QED) is 0.583. The van der Waals surface area contributed by atoms with Crippen molar-refractivity contribution in [1.29, 1.82) is 0 Å². The highest BCUT2D eigenvalue weighted by molar-refractivity contribution is 5.58. The van der Waals surface area contributed by atoms with E-state index in [-0.39, 0.29) is 6.04 Å². The molecule has 0 radical (unpaired) electrons. The zero-order valence-corrected chi connectivity index (χ0v) is 6.83. The summed E-state index contributed by atoms with van der Waals surface area (Å²) in [6.07, 6.45) is 4.26. The molecule has 0 aromatic carbocycles. The molecule has 0 saturated carbocycles. The minimum Gasteiger partial charge on any atom is -0.330 e. The Morgan fingerprint density at radius 3 is 3.09 bits per heavy atom. The van der Waals surface area contributed by atoms with Gasteiger partial charge < -0.3 is 10.5 Å². The number of nitrogens with zero attached hydrogens (tertiary/aromatic N) is 1. The molecule has 1 rings (SSSR count). The van der Waals surface area contributed by atoms with Crippen molar-refractivity contribution in [2.24, 2.45) is 5.73 Å². The largest absolute Gasteiger partial charge is 0.330 e. The van der Waals surface area contributed by atoms with Gasteiger partial charge in [0.25, 0.3) is 0 Å². The molecular formula is C8H16N2O. The molecule has 1 heterocycles. The van der Waals surface area contributed by atoms with Crippen molar-refractivity contribution in [3.05, 3.63) is 0 Å². The Morgan fingerprint density at radius 2 is 2.45 bits per heavy atom. The minimum atomic E-state index is 0.182. The van der Waals surface area contributed by atoms with Gasteiger partial charge in [0, 0.05) is 6.54 Å². The van der Waals surface area contributed by atoms with E-state index in [1.807, 2.05) is 0 Å². The second-order valence-electron chi connectivity index (χ2n) is 3.02. The number of nitrogens with two attached hydrogens (primary N) is 1. The van der Waals surface area contributed by atoms with Crippen molar-refractivity contribution in [3.63, 3.8) is 0 Å². The number of hydrogen-bond acceptors (Lipinski definition) is 3. The fourth-order valence-electron chi connectivity index (χ4n) is 1.58. The smallest absolute Gasteiger partial charge is 0.137 e. The lowest BCUT2D eigenvalue weighted by Gasteiger charge is -2.18. The third-order valence-electron chi connectivity index (χ3n) is 2.22. The molecule has 1 aliphatic heterocycles. The Kier molecular flexibility index (Phi) is 3.52. The van der Waals surface area contributed by atoms with E-state index in [0.29, 0.717) is 0 Å². The van der Waals surface area contributed by atoms with E-state index >= 15 is 0 Å².